The van der Waals surface area contributed by atoms with Crippen molar-refractivity contribution in [1.29, 1.82) is 0 Å². The van der Waals surface area contributed by atoms with Gasteiger partial charge in [0.25, 0.3) is 0 Å². The molecule has 2 aromatic carbocycles. The predicted molar refractivity (Wildman–Crippen MR) is 112 cm³/mol. The number of benzene rings is 2. The van der Waals surface area contributed by atoms with Crippen molar-refractivity contribution in [2.75, 3.05) is 16.8 Å². The molecule has 6 rings (SSSR count). The van der Waals surface area contributed by atoms with Gasteiger partial charge in [0, 0.05) is 17.3 Å². The number of hydrogen-bond acceptors (Lipinski definition) is 4. The Morgan fingerprint density at radius 2 is 1.79 bits per heavy atom. The normalized spacial score (nSPS) is 30.7. The Balaban J connectivity index is 1.57. The molecule has 2 aromatic rings. The molecule has 170 valence electrons. The van der Waals surface area contributed by atoms with E-state index in [0.717, 1.165) is 24.1 Å². The van der Waals surface area contributed by atoms with Crippen molar-refractivity contribution < 1.29 is 27.6 Å². The van der Waals surface area contributed by atoms with E-state index in [0.29, 0.717) is 29.1 Å². The van der Waals surface area contributed by atoms with Crippen molar-refractivity contribution in [3.05, 3.63) is 59.2 Å². The van der Waals surface area contributed by atoms with Crippen molar-refractivity contribution in [3.63, 3.8) is 0 Å². The fourth-order valence-electron chi connectivity index (χ4n) is 6.52. The van der Waals surface area contributed by atoms with Crippen LogP contribution >= 0.6 is 0 Å². The maximum atomic E-state index is 13.8. The van der Waals surface area contributed by atoms with Crippen LogP contribution in [0.5, 0.6) is 0 Å². The molecule has 0 saturated carbocycles. The summed E-state index contributed by atoms with van der Waals surface area (Å²) in [6.07, 6.45) is -3.39. The molecule has 3 saturated heterocycles. The van der Waals surface area contributed by atoms with E-state index in [9.17, 15) is 27.6 Å². The van der Waals surface area contributed by atoms with Crippen LogP contribution in [0.15, 0.2) is 42.5 Å². The van der Waals surface area contributed by atoms with Gasteiger partial charge in [0.05, 0.1) is 23.1 Å². The average Bonchev–Trinajstić information content (AvgIpc) is 3.47. The van der Waals surface area contributed by atoms with Crippen LogP contribution in [0.2, 0.25) is 0 Å². The Labute approximate surface area is 187 Å². The van der Waals surface area contributed by atoms with Crippen LogP contribution in [0.25, 0.3) is 0 Å². The highest BCUT2D eigenvalue weighted by Crippen LogP contribution is 2.61. The minimum atomic E-state index is -4.74. The van der Waals surface area contributed by atoms with Gasteiger partial charge in [-0.15, -0.1) is 0 Å². The number of anilines is 2. The van der Waals surface area contributed by atoms with Gasteiger partial charge < -0.3 is 5.32 Å². The number of carbonyl (C=O) groups excluding carboxylic acids is 3. The van der Waals surface area contributed by atoms with Crippen LogP contribution in [0.1, 0.15) is 29.5 Å². The van der Waals surface area contributed by atoms with Crippen LogP contribution in [0, 0.1) is 18.8 Å². The van der Waals surface area contributed by atoms with E-state index in [1.165, 1.54) is 12.1 Å². The highest BCUT2D eigenvalue weighted by Gasteiger charge is 2.74. The summed E-state index contributed by atoms with van der Waals surface area (Å²) in [6.45, 7) is 2.39. The molecule has 3 fully saturated rings. The Hall–Kier alpha value is -3.20. The third kappa shape index (κ3) is 2.35. The summed E-state index contributed by atoms with van der Waals surface area (Å²) < 4.78 is 41.2. The van der Waals surface area contributed by atoms with Gasteiger partial charge in [-0.1, -0.05) is 30.3 Å². The molecular weight excluding hydrogens is 435 g/mol. The van der Waals surface area contributed by atoms with Crippen molar-refractivity contribution in [3.8, 4) is 0 Å². The van der Waals surface area contributed by atoms with Crippen LogP contribution < -0.4 is 10.2 Å². The lowest BCUT2D eigenvalue weighted by Crippen LogP contribution is -2.54. The fourth-order valence-corrected chi connectivity index (χ4v) is 6.52. The largest absolute Gasteiger partial charge is 0.418 e. The second-order valence-corrected chi connectivity index (χ2v) is 9.15. The van der Waals surface area contributed by atoms with Crippen molar-refractivity contribution in [1.82, 2.24) is 4.90 Å². The predicted octanol–water partition coefficient (Wildman–Crippen LogP) is 3.45. The SMILES string of the molecule is Cc1cccc2c1NC(=O)[C@@]21[C@@H]2C(=O)N(c3ccccc3C(F)(F)F)C(=O)[C@@H]2[C@H]2CCCN21. The van der Waals surface area contributed by atoms with Gasteiger partial charge in [-0.2, -0.15) is 13.2 Å². The van der Waals surface area contributed by atoms with Gasteiger partial charge in [0.1, 0.15) is 5.54 Å². The first-order valence-electron chi connectivity index (χ1n) is 10.9. The van der Waals surface area contributed by atoms with Gasteiger partial charge in [0.2, 0.25) is 17.7 Å². The summed E-state index contributed by atoms with van der Waals surface area (Å²) in [6, 6.07) is 9.65. The third-order valence-corrected chi connectivity index (χ3v) is 7.69. The molecule has 0 aromatic heterocycles. The van der Waals surface area contributed by atoms with Gasteiger partial charge in [-0.25, -0.2) is 4.90 Å². The van der Waals surface area contributed by atoms with Gasteiger partial charge in [0.15, 0.2) is 0 Å². The maximum Gasteiger partial charge on any atom is 0.418 e. The highest BCUT2D eigenvalue weighted by molar-refractivity contribution is 6.26. The smallest absolute Gasteiger partial charge is 0.324 e. The summed E-state index contributed by atoms with van der Waals surface area (Å²) in [5, 5.41) is 2.91. The topological polar surface area (TPSA) is 69.7 Å². The number of hydrogen-bond donors (Lipinski definition) is 1. The molecule has 3 amide bonds. The summed E-state index contributed by atoms with van der Waals surface area (Å²) in [7, 11) is 0. The molecule has 1 N–H and O–H groups in total. The van der Waals surface area contributed by atoms with Gasteiger partial charge >= 0.3 is 6.18 Å². The Morgan fingerprint density at radius 1 is 1.03 bits per heavy atom. The minimum absolute atomic E-state index is 0.383. The zero-order valence-corrected chi connectivity index (χ0v) is 17.6. The molecule has 4 aliphatic rings. The number of nitrogens with one attached hydrogen (secondary N) is 1. The van der Waals surface area contributed by atoms with E-state index < -0.39 is 52.5 Å². The van der Waals surface area contributed by atoms with Crippen LogP contribution in [0.3, 0.4) is 0 Å². The molecule has 0 unspecified atom stereocenters. The third-order valence-electron chi connectivity index (χ3n) is 7.69. The lowest BCUT2D eigenvalue weighted by molar-refractivity contribution is -0.138. The van der Waals surface area contributed by atoms with E-state index in [1.807, 2.05) is 17.9 Å². The molecule has 0 bridgehead atoms. The zero-order valence-electron chi connectivity index (χ0n) is 17.6. The second kappa shape index (κ2) is 6.44. The monoisotopic (exact) mass is 455 g/mol. The van der Waals surface area contributed by atoms with Crippen LogP contribution in [-0.2, 0) is 26.1 Å². The molecule has 0 aliphatic carbocycles. The fraction of sp³-hybridized carbons (Fsp3) is 0.375. The quantitative estimate of drug-likeness (QED) is 0.669. The van der Waals surface area contributed by atoms with E-state index in [4.69, 9.17) is 0 Å². The zero-order chi connectivity index (χ0) is 23.3. The first-order chi connectivity index (χ1) is 15.7. The number of para-hydroxylation sites is 2. The van der Waals surface area contributed by atoms with Gasteiger partial charge in [-0.3, -0.25) is 19.3 Å². The molecule has 9 heteroatoms. The molecule has 4 heterocycles. The number of rotatable bonds is 1. The molecule has 4 atom stereocenters. The Morgan fingerprint density at radius 3 is 2.55 bits per heavy atom. The second-order valence-electron chi connectivity index (χ2n) is 9.15. The van der Waals surface area contributed by atoms with E-state index in [-0.39, 0.29) is 6.04 Å². The lowest BCUT2D eigenvalue weighted by atomic mass is 9.75. The van der Waals surface area contributed by atoms with E-state index in [1.54, 1.807) is 12.1 Å². The number of aryl methyl sites for hydroxylation is 1. The molecular formula is C24H20F3N3O3. The standard InChI is InChI=1S/C24H20F3N3O3/c1-12-6-4-8-14-19(12)28-22(33)23(14)18-17(16-10-5-11-29(16)23)20(31)30(21(18)32)15-9-3-2-7-13(15)24(25,26)27/h2-4,6-9,16-18H,5,10-11H2,1H3,(H,28,33)/t16-,17-,18+,23+/m1/s1. The molecule has 33 heavy (non-hydrogen) atoms. The summed E-state index contributed by atoms with van der Waals surface area (Å²) in [4.78, 5) is 43.7. The van der Waals surface area contributed by atoms with Crippen LogP contribution in [-0.4, -0.2) is 35.2 Å². The highest BCUT2D eigenvalue weighted by atomic mass is 19.4. The molecule has 1 spiro atoms. The summed E-state index contributed by atoms with van der Waals surface area (Å²) in [5.74, 6) is -3.76. The number of amides is 3. The average molecular weight is 455 g/mol. The number of halogens is 3. The first-order valence-corrected chi connectivity index (χ1v) is 10.9. The van der Waals surface area contributed by atoms with E-state index in [2.05, 4.69) is 5.32 Å². The summed E-state index contributed by atoms with van der Waals surface area (Å²) >= 11 is 0. The van der Waals surface area contributed by atoms with E-state index >= 15 is 0 Å². The van der Waals surface area contributed by atoms with Crippen LogP contribution in [0.4, 0.5) is 24.5 Å². The van der Waals surface area contributed by atoms with Crippen molar-refractivity contribution >= 4 is 29.1 Å². The summed E-state index contributed by atoms with van der Waals surface area (Å²) in [5.41, 5.74) is -0.856. The number of nitrogens with zero attached hydrogens (tertiary/aromatic N) is 2. The Bertz CT molecular complexity index is 1240. The maximum absolute atomic E-state index is 13.8. The number of imide groups is 1. The molecule has 4 aliphatic heterocycles. The van der Waals surface area contributed by atoms with Crippen molar-refractivity contribution in [2.45, 2.75) is 37.5 Å². The molecule has 0 radical (unpaired) electrons. The van der Waals surface area contributed by atoms with Crippen molar-refractivity contribution in [2.24, 2.45) is 11.8 Å². The molecule has 6 nitrogen and oxygen atoms in total. The number of carbonyl (C=O) groups is 3. The Kier molecular flexibility index (Phi) is 3.98. The minimum Gasteiger partial charge on any atom is -0.324 e. The number of fused-ring (bicyclic) bond motifs is 7. The number of alkyl halides is 3. The first kappa shape index (κ1) is 20.4. The van der Waals surface area contributed by atoms with Gasteiger partial charge in [-0.05, 0) is 44.0 Å². The lowest BCUT2D eigenvalue weighted by Gasteiger charge is -2.36.